The molecule has 0 spiro atoms. The Morgan fingerprint density at radius 3 is 2.67 bits per heavy atom. The Hall–Kier alpha value is -1.71. The topological polar surface area (TPSA) is 55.8 Å². The van der Waals surface area contributed by atoms with Crippen LogP contribution in [0.15, 0.2) is 12.1 Å². The van der Waals surface area contributed by atoms with Gasteiger partial charge in [-0.3, -0.25) is 4.79 Å². The van der Waals surface area contributed by atoms with Crippen LogP contribution in [0, 0.1) is 0 Å². The second-order valence-corrected chi connectivity index (χ2v) is 3.46. The lowest BCUT2D eigenvalue weighted by Crippen LogP contribution is -2.25. The van der Waals surface area contributed by atoms with Gasteiger partial charge >= 0.3 is 5.97 Å². The molecule has 1 aromatic carbocycles. The normalized spacial score (nSPS) is 17.6. The van der Waals surface area contributed by atoms with Gasteiger partial charge in [0.25, 0.3) is 0 Å². The fourth-order valence-electron chi connectivity index (χ4n) is 1.95. The number of hydrogen-bond donors (Lipinski definition) is 1. The van der Waals surface area contributed by atoms with E-state index in [-0.39, 0.29) is 5.92 Å². The predicted octanol–water partition coefficient (Wildman–Crippen LogP) is 1.43. The molecule has 1 atom stereocenters. The van der Waals surface area contributed by atoms with E-state index >= 15 is 0 Å². The van der Waals surface area contributed by atoms with Crippen LogP contribution in [0.5, 0.6) is 11.5 Å². The number of methoxy groups -OCH3 is 2. The van der Waals surface area contributed by atoms with Crippen molar-refractivity contribution in [3.05, 3.63) is 23.3 Å². The summed E-state index contributed by atoms with van der Waals surface area (Å²) in [4.78, 5) is 10.8. The maximum Gasteiger partial charge on any atom is 0.311 e. The standard InChI is InChI=1S/C11H12O4/c1-14-9-4-3-6-7(10(9)15-2)5-8(6)11(12)13/h3-4,8H,5H2,1-2H3,(H,12,13). The zero-order valence-electron chi connectivity index (χ0n) is 8.61. The highest BCUT2D eigenvalue weighted by molar-refractivity contribution is 5.81. The zero-order chi connectivity index (χ0) is 11.0. The fourth-order valence-corrected chi connectivity index (χ4v) is 1.95. The number of rotatable bonds is 3. The molecule has 0 saturated heterocycles. The molecule has 4 nitrogen and oxygen atoms in total. The number of hydrogen-bond acceptors (Lipinski definition) is 3. The van der Waals surface area contributed by atoms with Gasteiger partial charge in [0.1, 0.15) is 0 Å². The van der Waals surface area contributed by atoms with Gasteiger partial charge < -0.3 is 14.6 Å². The molecule has 0 aromatic heterocycles. The van der Waals surface area contributed by atoms with Crippen molar-refractivity contribution in [1.29, 1.82) is 0 Å². The minimum Gasteiger partial charge on any atom is -0.493 e. The van der Waals surface area contributed by atoms with Crippen LogP contribution in [0.4, 0.5) is 0 Å². The lowest BCUT2D eigenvalue weighted by Gasteiger charge is -2.29. The molecule has 0 radical (unpaired) electrons. The molecule has 0 bridgehead atoms. The maximum absolute atomic E-state index is 10.8. The Bertz CT molecular complexity index is 411. The van der Waals surface area contributed by atoms with Gasteiger partial charge in [-0.2, -0.15) is 0 Å². The number of aliphatic carboxylic acids is 1. The van der Waals surface area contributed by atoms with Gasteiger partial charge in [0, 0.05) is 5.56 Å². The Kier molecular flexibility index (Phi) is 2.26. The first-order valence-corrected chi connectivity index (χ1v) is 4.65. The van der Waals surface area contributed by atoms with Gasteiger partial charge in [0.2, 0.25) is 0 Å². The third-order valence-electron chi connectivity index (χ3n) is 2.77. The van der Waals surface area contributed by atoms with E-state index < -0.39 is 5.97 Å². The van der Waals surface area contributed by atoms with Gasteiger partial charge in [-0.05, 0) is 18.1 Å². The lowest BCUT2D eigenvalue weighted by molar-refractivity contribution is -0.139. The molecular weight excluding hydrogens is 196 g/mol. The minimum atomic E-state index is -0.783. The molecule has 1 N–H and O–H groups in total. The quantitative estimate of drug-likeness (QED) is 0.816. The first kappa shape index (κ1) is 9.83. The van der Waals surface area contributed by atoms with E-state index in [0.29, 0.717) is 17.9 Å². The molecule has 2 rings (SSSR count). The van der Waals surface area contributed by atoms with E-state index in [1.54, 1.807) is 26.4 Å². The van der Waals surface area contributed by atoms with Crippen molar-refractivity contribution in [3.63, 3.8) is 0 Å². The summed E-state index contributed by atoms with van der Waals surface area (Å²) in [6.07, 6.45) is 0.519. The molecule has 0 amide bonds. The van der Waals surface area contributed by atoms with Gasteiger partial charge in [-0.25, -0.2) is 0 Å². The SMILES string of the molecule is COc1ccc2c(c1OC)CC2C(=O)O. The molecule has 4 heteroatoms. The van der Waals surface area contributed by atoms with Crippen LogP contribution in [-0.4, -0.2) is 25.3 Å². The summed E-state index contributed by atoms with van der Waals surface area (Å²) in [5.74, 6) is 0.141. The lowest BCUT2D eigenvalue weighted by atomic mass is 9.77. The number of ether oxygens (including phenoxy) is 2. The number of fused-ring (bicyclic) bond motifs is 1. The molecule has 15 heavy (non-hydrogen) atoms. The smallest absolute Gasteiger partial charge is 0.311 e. The summed E-state index contributed by atoms with van der Waals surface area (Å²) >= 11 is 0. The zero-order valence-corrected chi connectivity index (χ0v) is 8.61. The van der Waals surface area contributed by atoms with Crippen LogP contribution in [0.25, 0.3) is 0 Å². The molecule has 0 saturated carbocycles. The fraction of sp³-hybridized carbons (Fsp3) is 0.364. The van der Waals surface area contributed by atoms with E-state index in [4.69, 9.17) is 14.6 Å². The van der Waals surface area contributed by atoms with Gasteiger partial charge in [-0.15, -0.1) is 0 Å². The molecule has 1 aliphatic rings. The Morgan fingerprint density at radius 2 is 2.13 bits per heavy atom. The molecular formula is C11H12O4. The van der Waals surface area contributed by atoms with Crippen molar-refractivity contribution in [2.24, 2.45) is 0 Å². The summed E-state index contributed by atoms with van der Waals surface area (Å²) in [5.41, 5.74) is 1.78. The minimum absolute atomic E-state index is 0.389. The van der Waals surface area contributed by atoms with Crippen molar-refractivity contribution in [2.75, 3.05) is 14.2 Å². The summed E-state index contributed by atoms with van der Waals surface area (Å²) in [6.45, 7) is 0. The molecule has 1 unspecified atom stereocenters. The number of carboxylic acid groups (broad SMARTS) is 1. The van der Waals surface area contributed by atoms with Crippen molar-refractivity contribution in [2.45, 2.75) is 12.3 Å². The van der Waals surface area contributed by atoms with Crippen molar-refractivity contribution >= 4 is 5.97 Å². The number of benzene rings is 1. The van der Waals surface area contributed by atoms with Crippen LogP contribution in [0.3, 0.4) is 0 Å². The first-order valence-electron chi connectivity index (χ1n) is 4.65. The summed E-state index contributed by atoms with van der Waals surface area (Å²) in [7, 11) is 3.13. The molecule has 0 aliphatic heterocycles. The third-order valence-corrected chi connectivity index (χ3v) is 2.77. The van der Waals surface area contributed by atoms with E-state index in [9.17, 15) is 4.79 Å². The average molecular weight is 208 g/mol. The highest BCUT2D eigenvalue weighted by Crippen LogP contribution is 2.45. The van der Waals surface area contributed by atoms with Crippen molar-refractivity contribution in [1.82, 2.24) is 0 Å². The van der Waals surface area contributed by atoms with Crippen molar-refractivity contribution < 1.29 is 19.4 Å². The molecule has 1 aliphatic carbocycles. The second-order valence-electron chi connectivity index (χ2n) is 3.46. The Labute approximate surface area is 87.4 Å². The summed E-state index contributed by atoms with van der Waals surface area (Å²) in [5, 5.41) is 8.90. The highest BCUT2D eigenvalue weighted by atomic mass is 16.5. The number of carboxylic acids is 1. The molecule has 0 heterocycles. The van der Waals surface area contributed by atoms with Crippen LogP contribution in [0.2, 0.25) is 0 Å². The van der Waals surface area contributed by atoms with Gasteiger partial charge in [-0.1, -0.05) is 6.07 Å². The Morgan fingerprint density at radius 1 is 1.40 bits per heavy atom. The highest BCUT2D eigenvalue weighted by Gasteiger charge is 2.35. The average Bonchev–Trinajstić information content (AvgIpc) is 2.18. The molecule has 1 aromatic rings. The van der Waals surface area contributed by atoms with Gasteiger partial charge in [0.05, 0.1) is 20.1 Å². The summed E-state index contributed by atoms with van der Waals surface area (Å²) in [6, 6.07) is 3.53. The first-order chi connectivity index (χ1) is 7.19. The van der Waals surface area contributed by atoms with Crippen LogP contribution >= 0.6 is 0 Å². The van der Waals surface area contributed by atoms with Crippen LogP contribution in [0.1, 0.15) is 17.0 Å². The van der Waals surface area contributed by atoms with E-state index in [1.807, 2.05) is 0 Å². The summed E-state index contributed by atoms with van der Waals surface area (Å²) < 4.78 is 10.3. The van der Waals surface area contributed by atoms with E-state index in [2.05, 4.69) is 0 Å². The van der Waals surface area contributed by atoms with Gasteiger partial charge in [0.15, 0.2) is 11.5 Å². The monoisotopic (exact) mass is 208 g/mol. The van der Waals surface area contributed by atoms with E-state index in [0.717, 1.165) is 11.1 Å². The van der Waals surface area contributed by atoms with E-state index in [1.165, 1.54) is 0 Å². The van der Waals surface area contributed by atoms with Crippen molar-refractivity contribution in [3.8, 4) is 11.5 Å². The second kappa shape index (κ2) is 3.46. The molecule has 80 valence electrons. The third kappa shape index (κ3) is 1.33. The predicted molar refractivity (Wildman–Crippen MR) is 53.6 cm³/mol. The van der Waals surface area contributed by atoms with Crippen LogP contribution < -0.4 is 9.47 Å². The van der Waals surface area contributed by atoms with Crippen LogP contribution in [-0.2, 0) is 11.2 Å². The largest absolute Gasteiger partial charge is 0.493 e. The maximum atomic E-state index is 10.8. The Balaban J connectivity index is 2.44. The number of carbonyl (C=O) groups is 1. The molecule has 0 fully saturated rings.